The number of carbonyl (C=O) groups excluding carboxylic acids is 1. The quantitative estimate of drug-likeness (QED) is 0.205. The molecule has 0 spiro atoms. The largest absolute Gasteiger partial charge is 0.466 e. The number of hydrogen-bond acceptors (Lipinski definition) is 4. The van der Waals surface area contributed by atoms with E-state index in [1.807, 2.05) is 32.0 Å². The van der Waals surface area contributed by atoms with Crippen LogP contribution in [0, 0.1) is 0 Å². The zero-order valence-electron chi connectivity index (χ0n) is 13.9. The summed E-state index contributed by atoms with van der Waals surface area (Å²) in [7, 11) is 0. The van der Waals surface area contributed by atoms with Gasteiger partial charge < -0.3 is 15.4 Å². The van der Waals surface area contributed by atoms with E-state index in [1.54, 1.807) is 6.20 Å². The fourth-order valence-electron chi connectivity index (χ4n) is 1.84. The smallest absolute Gasteiger partial charge is 0.305 e. The fraction of sp³-hybridized carbons (Fsp3) is 0.562. The summed E-state index contributed by atoms with van der Waals surface area (Å²) in [5.74, 6) is 0.605. The lowest BCUT2D eigenvalue weighted by Gasteiger charge is -2.11. The minimum atomic E-state index is -0.161. The molecule has 0 unspecified atom stereocenters. The molecule has 0 fully saturated rings. The number of aliphatic imine (C=N–C) groups is 1. The molecule has 1 heterocycles. The number of guanidine groups is 1. The Bertz CT molecular complexity index is 455. The Morgan fingerprint density at radius 2 is 2.13 bits per heavy atom. The zero-order valence-corrected chi connectivity index (χ0v) is 16.2. The lowest BCUT2D eigenvalue weighted by Crippen LogP contribution is -2.38. The molecule has 2 N–H and O–H groups in total. The zero-order chi connectivity index (χ0) is 16.0. The van der Waals surface area contributed by atoms with E-state index < -0.39 is 0 Å². The normalized spacial score (nSPS) is 10.6. The summed E-state index contributed by atoms with van der Waals surface area (Å²) in [6.45, 7) is 6.42. The van der Waals surface area contributed by atoms with E-state index in [0.717, 1.165) is 31.2 Å². The number of esters is 1. The van der Waals surface area contributed by atoms with E-state index >= 15 is 0 Å². The summed E-state index contributed by atoms with van der Waals surface area (Å²) in [4.78, 5) is 20.0. The molecule has 0 aliphatic carbocycles. The van der Waals surface area contributed by atoms with E-state index in [0.29, 0.717) is 26.0 Å². The molecule has 0 aromatic carbocycles. The van der Waals surface area contributed by atoms with Gasteiger partial charge in [0.15, 0.2) is 5.96 Å². The van der Waals surface area contributed by atoms with Crippen LogP contribution in [0.25, 0.3) is 0 Å². The molecule has 0 aliphatic heterocycles. The molecule has 23 heavy (non-hydrogen) atoms. The first-order chi connectivity index (χ1) is 10.8. The van der Waals surface area contributed by atoms with Crippen LogP contribution in [0.3, 0.4) is 0 Å². The van der Waals surface area contributed by atoms with Gasteiger partial charge in [0.2, 0.25) is 0 Å². The number of ether oxygens (including phenoxy) is 1. The number of carbonyl (C=O) groups is 1. The van der Waals surface area contributed by atoms with Crippen molar-refractivity contribution in [1.29, 1.82) is 0 Å². The van der Waals surface area contributed by atoms with Crippen molar-refractivity contribution < 1.29 is 9.53 Å². The summed E-state index contributed by atoms with van der Waals surface area (Å²) >= 11 is 0. The molecule has 0 radical (unpaired) electrons. The SMILES string of the molecule is CCNC(=NCCCC(=O)OCC)NCCc1ccccn1.I. The summed E-state index contributed by atoms with van der Waals surface area (Å²) in [6.07, 6.45) is 3.73. The maximum absolute atomic E-state index is 11.2. The van der Waals surface area contributed by atoms with Crippen LogP contribution < -0.4 is 10.6 Å². The average molecular weight is 434 g/mol. The van der Waals surface area contributed by atoms with E-state index in [9.17, 15) is 4.79 Å². The molecule has 0 amide bonds. The Labute approximate surface area is 155 Å². The molecule has 130 valence electrons. The first-order valence-corrected chi connectivity index (χ1v) is 7.84. The number of aromatic nitrogens is 1. The molecule has 1 aromatic rings. The van der Waals surface area contributed by atoms with Crippen LogP contribution in [0.4, 0.5) is 0 Å². The van der Waals surface area contributed by atoms with Gasteiger partial charge >= 0.3 is 5.97 Å². The van der Waals surface area contributed by atoms with Gasteiger partial charge in [0, 0.05) is 44.4 Å². The Kier molecular flexibility index (Phi) is 13.4. The van der Waals surface area contributed by atoms with E-state index in [2.05, 4.69) is 20.6 Å². The van der Waals surface area contributed by atoms with Gasteiger partial charge in [-0.05, 0) is 32.4 Å². The lowest BCUT2D eigenvalue weighted by molar-refractivity contribution is -0.143. The van der Waals surface area contributed by atoms with Gasteiger partial charge in [0.25, 0.3) is 0 Å². The van der Waals surface area contributed by atoms with Crippen LogP contribution in [-0.2, 0) is 16.0 Å². The highest BCUT2D eigenvalue weighted by Gasteiger charge is 2.01. The van der Waals surface area contributed by atoms with Gasteiger partial charge in [-0.1, -0.05) is 6.07 Å². The second-order valence-corrected chi connectivity index (χ2v) is 4.67. The summed E-state index contributed by atoms with van der Waals surface area (Å²) in [5.41, 5.74) is 1.05. The van der Waals surface area contributed by atoms with Gasteiger partial charge in [0.1, 0.15) is 0 Å². The number of nitrogens with one attached hydrogen (secondary N) is 2. The van der Waals surface area contributed by atoms with Crippen molar-refractivity contribution in [2.75, 3.05) is 26.2 Å². The number of hydrogen-bond donors (Lipinski definition) is 2. The predicted octanol–water partition coefficient (Wildman–Crippen LogP) is 2.14. The van der Waals surface area contributed by atoms with Gasteiger partial charge in [-0.2, -0.15) is 0 Å². The van der Waals surface area contributed by atoms with Crippen LogP contribution in [0.1, 0.15) is 32.4 Å². The van der Waals surface area contributed by atoms with Crippen molar-refractivity contribution in [3.63, 3.8) is 0 Å². The fourth-order valence-corrected chi connectivity index (χ4v) is 1.84. The third-order valence-corrected chi connectivity index (χ3v) is 2.86. The Hall–Kier alpha value is -1.38. The topological polar surface area (TPSA) is 75.6 Å². The molecular weight excluding hydrogens is 407 g/mol. The first kappa shape index (κ1) is 21.6. The maximum Gasteiger partial charge on any atom is 0.305 e. The number of rotatable bonds is 9. The molecule has 6 nitrogen and oxygen atoms in total. The average Bonchev–Trinajstić information content (AvgIpc) is 2.53. The predicted molar refractivity (Wildman–Crippen MR) is 103 cm³/mol. The molecule has 7 heteroatoms. The first-order valence-electron chi connectivity index (χ1n) is 7.84. The molecule has 0 aliphatic rings. The monoisotopic (exact) mass is 434 g/mol. The Balaban J connectivity index is 0.00000484. The van der Waals surface area contributed by atoms with Crippen molar-refractivity contribution >= 4 is 35.9 Å². The van der Waals surface area contributed by atoms with Crippen LogP contribution in [0.15, 0.2) is 29.4 Å². The standard InChI is InChI=1S/C16H26N4O2.HI/c1-3-17-16(19-12-7-9-15(21)22-4-2)20-13-10-14-8-5-6-11-18-14;/h5-6,8,11H,3-4,7,9-10,12-13H2,1-2H3,(H2,17,19,20);1H. The summed E-state index contributed by atoms with van der Waals surface area (Å²) in [6, 6.07) is 5.90. The Morgan fingerprint density at radius 3 is 2.78 bits per heavy atom. The third kappa shape index (κ3) is 10.9. The summed E-state index contributed by atoms with van der Waals surface area (Å²) in [5, 5.41) is 6.45. The highest BCUT2D eigenvalue weighted by molar-refractivity contribution is 14.0. The lowest BCUT2D eigenvalue weighted by atomic mass is 10.3. The second kappa shape index (κ2) is 14.2. The van der Waals surface area contributed by atoms with E-state index in [1.165, 1.54) is 0 Å². The molecule has 0 atom stereocenters. The minimum absolute atomic E-state index is 0. The molecule has 1 aromatic heterocycles. The third-order valence-electron chi connectivity index (χ3n) is 2.86. The highest BCUT2D eigenvalue weighted by Crippen LogP contribution is 1.95. The van der Waals surface area contributed by atoms with Crippen LogP contribution in [-0.4, -0.2) is 43.2 Å². The van der Waals surface area contributed by atoms with E-state index in [4.69, 9.17) is 4.74 Å². The molecule has 0 bridgehead atoms. The van der Waals surface area contributed by atoms with Crippen molar-refractivity contribution in [2.24, 2.45) is 4.99 Å². The van der Waals surface area contributed by atoms with Gasteiger partial charge in [-0.3, -0.25) is 14.8 Å². The van der Waals surface area contributed by atoms with Gasteiger partial charge in [-0.15, -0.1) is 24.0 Å². The number of nitrogens with zero attached hydrogens (tertiary/aromatic N) is 2. The maximum atomic E-state index is 11.2. The number of pyridine rings is 1. The van der Waals surface area contributed by atoms with Crippen LogP contribution in [0.5, 0.6) is 0 Å². The Morgan fingerprint density at radius 1 is 1.30 bits per heavy atom. The molecular formula is C16H27IN4O2. The van der Waals surface area contributed by atoms with Gasteiger partial charge in [0.05, 0.1) is 6.61 Å². The molecule has 0 saturated heterocycles. The summed E-state index contributed by atoms with van der Waals surface area (Å²) < 4.78 is 4.88. The van der Waals surface area contributed by atoms with Crippen molar-refractivity contribution in [1.82, 2.24) is 15.6 Å². The van der Waals surface area contributed by atoms with Crippen LogP contribution in [0.2, 0.25) is 0 Å². The van der Waals surface area contributed by atoms with Crippen molar-refractivity contribution in [3.8, 4) is 0 Å². The molecule has 0 saturated carbocycles. The molecule has 1 rings (SSSR count). The highest BCUT2D eigenvalue weighted by atomic mass is 127. The van der Waals surface area contributed by atoms with Crippen LogP contribution >= 0.6 is 24.0 Å². The van der Waals surface area contributed by atoms with E-state index in [-0.39, 0.29) is 29.9 Å². The van der Waals surface area contributed by atoms with Crippen molar-refractivity contribution in [3.05, 3.63) is 30.1 Å². The van der Waals surface area contributed by atoms with Gasteiger partial charge in [-0.25, -0.2) is 0 Å². The van der Waals surface area contributed by atoms with Crippen molar-refractivity contribution in [2.45, 2.75) is 33.1 Å². The second-order valence-electron chi connectivity index (χ2n) is 4.67. The minimum Gasteiger partial charge on any atom is -0.466 e. The number of halogens is 1.